The Balaban J connectivity index is 1.85. The molecular weight excluding hydrogens is 273 g/mol. The van der Waals surface area contributed by atoms with Crippen LogP contribution in [0.25, 0.3) is 0 Å². The highest BCUT2D eigenvalue weighted by atomic mass is 19.1. The zero-order chi connectivity index (χ0) is 15.2. The molecule has 6 heteroatoms. The molecule has 0 saturated carbocycles. The van der Waals surface area contributed by atoms with Crippen LogP contribution >= 0.6 is 0 Å². The number of benzene rings is 1. The molecule has 1 heterocycles. The minimum Gasteiger partial charge on any atom is -0.374 e. The predicted octanol–water partition coefficient (Wildman–Crippen LogP) is 0.735. The maximum Gasteiger partial charge on any atom is 0.248 e. The Hall–Kier alpha value is -1.50. The summed E-state index contributed by atoms with van der Waals surface area (Å²) in [6.45, 7) is 6.70. The van der Waals surface area contributed by atoms with E-state index in [0.29, 0.717) is 24.2 Å². The summed E-state index contributed by atoms with van der Waals surface area (Å²) in [5, 5.41) is 3.18. The third-order valence-electron chi connectivity index (χ3n) is 3.69. The highest BCUT2D eigenvalue weighted by molar-refractivity contribution is 5.92. The second-order valence-corrected chi connectivity index (χ2v) is 5.19. The molecule has 0 bridgehead atoms. The lowest BCUT2D eigenvalue weighted by Gasteiger charge is -2.32. The Labute approximate surface area is 124 Å². The number of nitrogens with one attached hydrogen (secondary N) is 1. The minimum absolute atomic E-state index is 0.112. The SMILES string of the molecule is CCN1CCOC(CNCc2cc(C(N)=O)ccc2F)C1. The Kier molecular flexibility index (Phi) is 5.67. The van der Waals surface area contributed by atoms with Gasteiger partial charge < -0.3 is 15.8 Å². The lowest BCUT2D eigenvalue weighted by Crippen LogP contribution is -2.46. The molecule has 1 fully saturated rings. The molecule has 1 unspecified atom stereocenters. The van der Waals surface area contributed by atoms with Crippen molar-refractivity contribution < 1.29 is 13.9 Å². The first-order valence-electron chi connectivity index (χ1n) is 7.23. The number of likely N-dealkylation sites (N-methyl/N-ethyl adjacent to an activating group) is 1. The van der Waals surface area contributed by atoms with Crippen LogP contribution in [-0.2, 0) is 11.3 Å². The Morgan fingerprint density at radius 2 is 2.38 bits per heavy atom. The van der Waals surface area contributed by atoms with E-state index in [9.17, 15) is 9.18 Å². The quantitative estimate of drug-likeness (QED) is 0.812. The van der Waals surface area contributed by atoms with Crippen molar-refractivity contribution in [1.82, 2.24) is 10.2 Å². The molecule has 3 N–H and O–H groups in total. The van der Waals surface area contributed by atoms with Gasteiger partial charge in [-0.15, -0.1) is 0 Å². The van der Waals surface area contributed by atoms with Crippen molar-refractivity contribution in [2.45, 2.75) is 19.6 Å². The van der Waals surface area contributed by atoms with Crippen molar-refractivity contribution in [2.24, 2.45) is 5.73 Å². The van der Waals surface area contributed by atoms with Crippen LogP contribution in [0.4, 0.5) is 4.39 Å². The number of nitrogens with two attached hydrogens (primary N) is 1. The number of ether oxygens (including phenoxy) is 1. The number of amides is 1. The third-order valence-corrected chi connectivity index (χ3v) is 3.69. The van der Waals surface area contributed by atoms with Crippen LogP contribution in [0.1, 0.15) is 22.8 Å². The maximum absolute atomic E-state index is 13.7. The van der Waals surface area contributed by atoms with Gasteiger partial charge in [0.05, 0.1) is 12.7 Å². The van der Waals surface area contributed by atoms with Gasteiger partial charge in [0.1, 0.15) is 5.82 Å². The summed E-state index contributed by atoms with van der Waals surface area (Å²) in [5.41, 5.74) is 5.96. The molecule has 1 aromatic carbocycles. The summed E-state index contributed by atoms with van der Waals surface area (Å²) in [6, 6.07) is 4.16. The normalized spacial score (nSPS) is 19.6. The van der Waals surface area contributed by atoms with Crippen LogP contribution in [-0.4, -0.2) is 49.7 Å². The van der Waals surface area contributed by atoms with Gasteiger partial charge in [0.25, 0.3) is 0 Å². The third kappa shape index (κ3) is 4.49. The summed E-state index contributed by atoms with van der Waals surface area (Å²) < 4.78 is 19.4. The molecule has 1 aromatic rings. The van der Waals surface area contributed by atoms with E-state index in [-0.39, 0.29) is 11.9 Å². The fourth-order valence-corrected chi connectivity index (χ4v) is 2.42. The predicted molar refractivity (Wildman–Crippen MR) is 78.5 cm³/mol. The largest absolute Gasteiger partial charge is 0.374 e. The number of morpholine rings is 1. The van der Waals surface area contributed by atoms with Gasteiger partial charge in [-0.25, -0.2) is 4.39 Å². The zero-order valence-corrected chi connectivity index (χ0v) is 12.3. The van der Waals surface area contributed by atoms with Crippen LogP contribution in [0.2, 0.25) is 0 Å². The lowest BCUT2D eigenvalue weighted by molar-refractivity contribution is -0.0254. The molecule has 0 aromatic heterocycles. The van der Waals surface area contributed by atoms with Gasteiger partial charge in [0, 0.05) is 37.3 Å². The zero-order valence-electron chi connectivity index (χ0n) is 12.3. The van der Waals surface area contributed by atoms with Crippen LogP contribution in [0, 0.1) is 5.82 Å². The number of rotatable bonds is 6. The molecule has 1 aliphatic rings. The van der Waals surface area contributed by atoms with Crippen LogP contribution < -0.4 is 11.1 Å². The summed E-state index contributed by atoms with van der Waals surface area (Å²) in [4.78, 5) is 13.4. The van der Waals surface area contributed by atoms with E-state index in [1.54, 1.807) is 0 Å². The van der Waals surface area contributed by atoms with E-state index >= 15 is 0 Å². The fraction of sp³-hybridized carbons (Fsp3) is 0.533. The van der Waals surface area contributed by atoms with Crippen LogP contribution in [0.5, 0.6) is 0 Å². The number of hydrogen-bond donors (Lipinski definition) is 2. The second-order valence-electron chi connectivity index (χ2n) is 5.19. The lowest BCUT2D eigenvalue weighted by atomic mass is 10.1. The average molecular weight is 295 g/mol. The van der Waals surface area contributed by atoms with E-state index in [1.807, 2.05) is 0 Å². The Morgan fingerprint density at radius 3 is 3.10 bits per heavy atom. The van der Waals surface area contributed by atoms with Crippen LogP contribution in [0.3, 0.4) is 0 Å². The fourth-order valence-electron chi connectivity index (χ4n) is 2.42. The molecular formula is C15H22FN3O2. The molecule has 2 rings (SSSR count). The smallest absolute Gasteiger partial charge is 0.248 e. The van der Waals surface area contributed by atoms with Crippen molar-refractivity contribution in [3.05, 3.63) is 35.1 Å². The molecule has 0 aliphatic carbocycles. The molecule has 116 valence electrons. The first-order valence-corrected chi connectivity index (χ1v) is 7.23. The van der Waals surface area contributed by atoms with E-state index in [4.69, 9.17) is 10.5 Å². The summed E-state index contributed by atoms with van der Waals surface area (Å²) >= 11 is 0. The monoisotopic (exact) mass is 295 g/mol. The van der Waals surface area contributed by atoms with Gasteiger partial charge in [0.2, 0.25) is 5.91 Å². The van der Waals surface area contributed by atoms with Crippen LogP contribution in [0.15, 0.2) is 18.2 Å². The molecule has 0 spiro atoms. The van der Waals surface area contributed by atoms with Gasteiger partial charge in [-0.05, 0) is 24.7 Å². The first kappa shape index (κ1) is 15.9. The second kappa shape index (κ2) is 7.49. The van der Waals surface area contributed by atoms with Gasteiger partial charge in [-0.1, -0.05) is 6.92 Å². The van der Waals surface area contributed by atoms with Gasteiger partial charge in [0.15, 0.2) is 0 Å². The molecule has 1 amide bonds. The molecule has 21 heavy (non-hydrogen) atoms. The standard InChI is InChI=1S/C15H22FN3O2/c1-2-19-5-6-21-13(10-19)9-18-8-12-7-11(15(17)20)3-4-14(12)16/h3-4,7,13,18H,2,5-6,8-10H2,1H3,(H2,17,20). The van der Waals surface area contributed by atoms with E-state index < -0.39 is 5.91 Å². The maximum atomic E-state index is 13.7. The number of nitrogens with zero attached hydrogens (tertiary/aromatic N) is 1. The number of carbonyl (C=O) groups is 1. The Morgan fingerprint density at radius 1 is 1.57 bits per heavy atom. The van der Waals surface area contributed by atoms with Gasteiger partial charge >= 0.3 is 0 Å². The number of carbonyl (C=O) groups excluding carboxylic acids is 1. The van der Waals surface area contributed by atoms with Crippen molar-refractivity contribution in [2.75, 3.05) is 32.8 Å². The number of hydrogen-bond acceptors (Lipinski definition) is 4. The minimum atomic E-state index is -0.551. The van der Waals surface area contributed by atoms with Gasteiger partial charge in [-0.3, -0.25) is 9.69 Å². The summed E-state index contributed by atoms with van der Waals surface area (Å²) in [5.74, 6) is -0.891. The molecule has 5 nitrogen and oxygen atoms in total. The number of primary amides is 1. The van der Waals surface area contributed by atoms with Gasteiger partial charge in [-0.2, -0.15) is 0 Å². The Bertz CT molecular complexity index is 496. The molecule has 1 aliphatic heterocycles. The van der Waals surface area contributed by atoms with E-state index in [0.717, 1.165) is 26.2 Å². The molecule has 0 radical (unpaired) electrons. The first-order chi connectivity index (χ1) is 10.1. The summed E-state index contributed by atoms with van der Waals surface area (Å²) in [7, 11) is 0. The highest BCUT2D eigenvalue weighted by Gasteiger charge is 2.18. The van der Waals surface area contributed by atoms with Crippen molar-refractivity contribution in [3.8, 4) is 0 Å². The summed E-state index contributed by atoms with van der Waals surface area (Å²) in [6.07, 6.45) is 0.112. The van der Waals surface area contributed by atoms with Crippen molar-refractivity contribution in [3.63, 3.8) is 0 Å². The number of halogens is 1. The van der Waals surface area contributed by atoms with Crippen molar-refractivity contribution >= 4 is 5.91 Å². The van der Waals surface area contributed by atoms with E-state index in [2.05, 4.69) is 17.1 Å². The van der Waals surface area contributed by atoms with E-state index in [1.165, 1.54) is 18.2 Å². The average Bonchev–Trinajstić information content (AvgIpc) is 2.49. The van der Waals surface area contributed by atoms with Crippen molar-refractivity contribution in [1.29, 1.82) is 0 Å². The highest BCUT2D eigenvalue weighted by Crippen LogP contribution is 2.11. The topological polar surface area (TPSA) is 67.6 Å². The molecule has 1 atom stereocenters. The molecule has 1 saturated heterocycles.